The fraction of sp³-hybridized carbons (Fsp3) is 0.616. The van der Waals surface area contributed by atoms with Crippen molar-refractivity contribution in [3.63, 3.8) is 0 Å². The number of phosphoric acid groups is 1. The predicted molar refractivity (Wildman–Crippen MR) is 357 cm³/mol. The molecule has 470 valence electrons. The molecule has 3 N–H and O–H groups in total. The van der Waals surface area contributed by atoms with Crippen LogP contribution >= 0.6 is 7.82 Å². The van der Waals surface area contributed by atoms with Crippen LogP contribution in [0.25, 0.3) is 0 Å². The van der Waals surface area contributed by atoms with E-state index < -0.39 is 26.5 Å². The number of phosphoric ester groups is 1. The van der Waals surface area contributed by atoms with E-state index in [0.29, 0.717) is 6.42 Å². The van der Waals surface area contributed by atoms with E-state index in [2.05, 4.69) is 172 Å². The van der Waals surface area contributed by atoms with E-state index in [0.717, 1.165) is 135 Å². The number of unbranched alkanes of at least 4 members (excludes halogenated alkanes) is 21. The van der Waals surface area contributed by atoms with Crippen LogP contribution in [0.5, 0.6) is 0 Å². The molecule has 2 atom stereocenters. The first-order valence-electron chi connectivity index (χ1n) is 33.0. The van der Waals surface area contributed by atoms with Gasteiger partial charge in [-0.15, -0.1) is 0 Å². The summed E-state index contributed by atoms with van der Waals surface area (Å²) in [6.45, 7) is 3.50. The molecule has 0 aliphatic heterocycles. The third-order valence-electron chi connectivity index (χ3n) is 13.4. The Balaban J connectivity index is 3.99. The van der Waals surface area contributed by atoms with Gasteiger partial charge in [-0.25, -0.2) is 4.57 Å². The topological polar surface area (TPSA) is 134 Å². The standard InChI is InChI=1S/C73H120NO8P/c1-3-5-7-9-11-13-15-17-19-21-23-25-27-29-31-33-35-37-39-41-43-45-47-49-51-53-55-57-59-61-63-65-72(75)79-69-71(70-81-83(77,78)80-68-67-74)82-73(76)66-64-62-60-58-56-54-52-50-48-46-44-42-40-38-36-34-32-30-28-26-24-22-20-18-16-14-12-10-8-6-4-2/h5-8,11-14,17-20,23-26,29-32,35-38,42,44,71H,3-4,9-10,15-16,21-22,27-28,33-34,39-41,43,45-70,74H2,1-2H3,(H,77,78)/b7-5-,8-6-,13-11-,14-12-,19-17-,20-18-,25-23-,26-24-,31-29-,32-30-,37-35-,38-36-,44-42-. The predicted octanol–water partition coefficient (Wildman–Crippen LogP) is 21.6. The second-order valence-corrected chi connectivity index (χ2v) is 22.7. The van der Waals surface area contributed by atoms with Crippen LogP contribution in [0.15, 0.2) is 158 Å². The second kappa shape index (κ2) is 66.8. The molecule has 0 heterocycles. The van der Waals surface area contributed by atoms with Gasteiger partial charge in [0.1, 0.15) is 6.61 Å². The fourth-order valence-corrected chi connectivity index (χ4v) is 9.39. The minimum Gasteiger partial charge on any atom is -0.462 e. The number of ether oxygens (including phenoxy) is 2. The largest absolute Gasteiger partial charge is 0.472 e. The van der Waals surface area contributed by atoms with Crippen LogP contribution in [0.1, 0.15) is 258 Å². The maximum Gasteiger partial charge on any atom is 0.472 e. The molecule has 0 aliphatic carbocycles. The summed E-state index contributed by atoms with van der Waals surface area (Å²) in [5, 5.41) is 0. The average Bonchev–Trinajstić information content (AvgIpc) is 3.48. The second-order valence-electron chi connectivity index (χ2n) is 21.2. The molecule has 0 spiro atoms. The molecule has 0 saturated heterocycles. The molecule has 0 radical (unpaired) electrons. The normalized spacial score (nSPS) is 14.0. The Morgan fingerprint density at radius 2 is 0.627 bits per heavy atom. The highest BCUT2D eigenvalue weighted by atomic mass is 31.2. The van der Waals surface area contributed by atoms with Gasteiger partial charge in [-0.3, -0.25) is 18.6 Å². The van der Waals surface area contributed by atoms with Crippen molar-refractivity contribution in [1.29, 1.82) is 0 Å². The molecule has 83 heavy (non-hydrogen) atoms. The van der Waals surface area contributed by atoms with Crippen molar-refractivity contribution >= 4 is 19.8 Å². The monoisotopic (exact) mass is 1170 g/mol. The summed E-state index contributed by atoms with van der Waals surface area (Å²) in [6.07, 6.45) is 97.3. The molecule has 9 nitrogen and oxygen atoms in total. The Bertz CT molecular complexity index is 1920. The number of rotatable bonds is 60. The molecule has 2 unspecified atom stereocenters. The number of allylic oxidation sites excluding steroid dienone is 26. The minimum absolute atomic E-state index is 0.0444. The number of hydrogen-bond acceptors (Lipinski definition) is 8. The van der Waals surface area contributed by atoms with Crippen LogP contribution in [0.2, 0.25) is 0 Å². The summed E-state index contributed by atoms with van der Waals surface area (Å²) in [5.41, 5.74) is 5.40. The lowest BCUT2D eigenvalue weighted by molar-refractivity contribution is -0.161. The van der Waals surface area contributed by atoms with Gasteiger partial charge in [0, 0.05) is 19.4 Å². The van der Waals surface area contributed by atoms with Crippen molar-refractivity contribution in [1.82, 2.24) is 0 Å². The molecule has 0 amide bonds. The van der Waals surface area contributed by atoms with Gasteiger partial charge >= 0.3 is 19.8 Å². The number of carbonyl (C=O) groups excluding carboxylic acids is 2. The third kappa shape index (κ3) is 66.6. The zero-order valence-corrected chi connectivity index (χ0v) is 53.5. The lowest BCUT2D eigenvalue weighted by Gasteiger charge is -2.19. The van der Waals surface area contributed by atoms with Crippen LogP contribution < -0.4 is 5.73 Å². The van der Waals surface area contributed by atoms with Crippen molar-refractivity contribution in [3.05, 3.63) is 158 Å². The van der Waals surface area contributed by atoms with Crippen molar-refractivity contribution in [2.45, 2.75) is 264 Å². The average molecular weight is 1170 g/mol. The van der Waals surface area contributed by atoms with Gasteiger partial charge in [0.15, 0.2) is 6.10 Å². The Labute approximate surface area is 509 Å². The molecular formula is C73H120NO8P. The third-order valence-corrected chi connectivity index (χ3v) is 14.4. The van der Waals surface area contributed by atoms with Crippen molar-refractivity contribution in [2.75, 3.05) is 26.4 Å². The van der Waals surface area contributed by atoms with E-state index in [4.69, 9.17) is 24.3 Å². The van der Waals surface area contributed by atoms with Crippen molar-refractivity contribution in [3.8, 4) is 0 Å². The van der Waals surface area contributed by atoms with Gasteiger partial charge in [0.2, 0.25) is 0 Å². The molecule has 0 saturated carbocycles. The Kier molecular flexibility index (Phi) is 63.3. The first kappa shape index (κ1) is 78.6. The van der Waals surface area contributed by atoms with E-state index in [1.54, 1.807) is 0 Å². The Hall–Kier alpha value is -4.37. The minimum atomic E-state index is -4.41. The van der Waals surface area contributed by atoms with E-state index in [1.807, 2.05) is 0 Å². The highest BCUT2D eigenvalue weighted by Gasteiger charge is 2.26. The molecule has 0 aromatic heterocycles. The summed E-state index contributed by atoms with van der Waals surface area (Å²) in [6, 6.07) is 0. The SMILES string of the molecule is CC/C=C\C/C=C\C/C=C\C/C=C\C/C=C\C/C=C\C/C=C\CCCCCCCCCCCC(=O)OC(COC(=O)CCCCCCCCCCCCCC/C=C\C/C=C\C/C=C\C/C=C\C/C=C\C/C=C\CC)COP(=O)(O)OCCN. The molecule has 0 rings (SSSR count). The maximum absolute atomic E-state index is 12.8. The van der Waals surface area contributed by atoms with E-state index in [1.165, 1.54) is 89.9 Å². The van der Waals surface area contributed by atoms with Gasteiger partial charge < -0.3 is 20.1 Å². The highest BCUT2D eigenvalue weighted by Crippen LogP contribution is 2.43. The Morgan fingerprint density at radius 3 is 0.928 bits per heavy atom. The smallest absolute Gasteiger partial charge is 0.462 e. The lowest BCUT2D eigenvalue weighted by Crippen LogP contribution is -2.29. The summed E-state index contributed by atoms with van der Waals surface area (Å²) in [4.78, 5) is 35.3. The lowest BCUT2D eigenvalue weighted by atomic mass is 10.0. The van der Waals surface area contributed by atoms with Gasteiger partial charge in [-0.05, 0) is 122 Å². The highest BCUT2D eigenvalue weighted by molar-refractivity contribution is 7.47. The van der Waals surface area contributed by atoms with Gasteiger partial charge in [0.25, 0.3) is 0 Å². The Morgan fingerprint density at radius 1 is 0.361 bits per heavy atom. The number of hydrogen-bond donors (Lipinski definition) is 2. The van der Waals surface area contributed by atoms with E-state index >= 15 is 0 Å². The van der Waals surface area contributed by atoms with E-state index in [-0.39, 0.29) is 38.6 Å². The van der Waals surface area contributed by atoms with Gasteiger partial charge in [0.05, 0.1) is 13.2 Å². The quantitative estimate of drug-likeness (QED) is 0.0264. The summed E-state index contributed by atoms with van der Waals surface area (Å²) < 4.78 is 33.1. The molecule has 0 aromatic rings. The summed E-state index contributed by atoms with van der Waals surface area (Å²) in [5.74, 6) is -0.844. The van der Waals surface area contributed by atoms with Gasteiger partial charge in [-0.1, -0.05) is 281 Å². The van der Waals surface area contributed by atoms with Gasteiger partial charge in [-0.2, -0.15) is 0 Å². The van der Waals surface area contributed by atoms with Crippen molar-refractivity contribution in [2.24, 2.45) is 5.73 Å². The zero-order valence-electron chi connectivity index (χ0n) is 52.6. The summed E-state index contributed by atoms with van der Waals surface area (Å²) >= 11 is 0. The van der Waals surface area contributed by atoms with E-state index in [9.17, 15) is 19.0 Å². The molecule has 0 fully saturated rings. The number of esters is 2. The number of carbonyl (C=O) groups is 2. The van der Waals surface area contributed by atoms with Crippen LogP contribution in [-0.4, -0.2) is 49.3 Å². The first-order valence-corrected chi connectivity index (χ1v) is 34.5. The van der Waals surface area contributed by atoms with Crippen LogP contribution in [0.4, 0.5) is 0 Å². The molecular weight excluding hydrogens is 1050 g/mol. The molecule has 0 bridgehead atoms. The number of nitrogens with two attached hydrogens (primary N) is 1. The summed E-state index contributed by atoms with van der Waals surface area (Å²) in [7, 11) is -4.41. The van der Waals surface area contributed by atoms with Crippen molar-refractivity contribution < 1.29 is 37.6 Å². The molecule has 10 heteroatoms. The first-order chi connectivity index (χ1) is 40.8. The van der Waals surface area contributed by atoms with Crippen LogP contribution in [-0.2, 0) is 32.7 Å². The molecule has 0 aromatic carbocycles. The molecule has 0 aliphatic rings. The zero-order chi connectivity index (χ0) is 60.1. The van der Waals surface area contributed by atoms with Crippen LogP contribution in [0, 0.1) is 0 Å². The van der Waals surface area contributed by atoms with Crippen LogP contribution in [0.3, 0.4) is 0 Å². The maximum atomic E-state index is 12.8. The fourth-order valence-electron chi connectivity index (χ4n) is 8.62.